The standard InChI is InChI=1S/C11H18N2O5S/c1-2-5-19-6-8(11(17)18)13-9(14)4-3-7(12)10(15)16/h2,7-8H,1,3-6,12H2,(H,13,14)(H,15,16)(H,17,18)/t7-,8+/m1/s1/i1D. The fourth-order valence-corrected chi connectivity index (χ4v) is 1.84. The van der Waals surface area contributed by atoms with E-state index in [1.54, 1.807) is 6.08 Å². The highest BCUT2D eigenvalue weighted by atomic mass is 32.2. The van der Waals surface area contributed by atoms with Crippen LogP contribution in [0.15, 0.2) is 12.6 Å². The maximum absolute atomic E-state index is 11.5. The van der Waals surface area contributed by atoms with Crippen LogP contribution in [0, 0.1) is 0 Å². The number of amides is 1. The second kappa shape index (κ2) is 9.40. The van der Waals surface area contributed by atoms with Gasteiger partial charge in [0.1, 0.15) is 12.1 Å². The van der Waals surface area contributed by atoms with E-state index in [9.17, 15) is 14.4 Å². The summed E-state index contributed by atoms with van der Waals surface area (Å²) in [5.74, 6) is -2.28. The molecule has 0 bridgehead atoms. The molecule has 0 saturated carbocycles. The highest BCUT2D eigenvalue weighted by Crippen LogP contribution is 2.04. The van der Waals surface area contributed by atoms with Crippen molar-refractivity contribution in [1.29, 1.82) is 0 Å². The first-order valence-electron chi connectivity index (χ1n) is 6.08. The molecule has 0 saturated heterocycles. The van der Waals surface area contributed by atoms with Crippen molar-refractivity contribution in [3.05, 3.63) is 12.6 Å². The average molecular weight is 291 g/mol. The summed E-state index contributed by atoms with van der Waals surface area (Å²) in [6.45, 7) is 1.11. The lowest BCUT2D eigenvalue weighted by molar-refractivity contribution is -0.141. The second-order valence-electron chi connectivity index (χ2n) is 3.71. The molecule has 1 amide bonds. The molecule has 2 atom stereocenters. The Morgan fingerprint density at radius 2 is 2.11 bits per heavy atom. The van der Waals surface area contributed by atoms with Crippen molar-refractivity contribution in [3.63, 3.8) is 0 Å². The first-order valence-corrected chi connectivity index (χ1v) is 6.65. The van der Waals surface area contributed by atoms with Crippen molar-refractivity contribution in [2.75, 3.05) is 11.5 Å². The fraction of sp³-hybridized carbons (Fsp3) is 0.545. The summed E-state index contributed by atoms with van der Waals surface area (Å²) in [5, 5.41) is 19.8. The number of nitrogens with two attached hydrogens (primary N) is 1. The Morgan fingerprint density at radius 3 is 2.63 bits per heavy atom. The van der Waals surface area contributed by atoms with Crippen LogP contribution in [0.25, 0.3) is 0 Å². The van der Waals surface area contributed by atoms with Gasteiger partial charge < -0.3 is 21.3 Å². The molecule has 0 aliphatic rings. The zero-order valence-corrected chi connectivity index (χ0v) is 11.1. The van der Waals surface area contributed by atoms with Crippen LogP contribution in [0.5, 0.6) is 0 Å². The Kier molecular flexibility index (Phi) is 7.68. The Hall–Kier alpha value is -1.54. The van der Waals surface area contributed by atoms with Gasteiger partial charge in [-0.3, -0.25) is 9.59 Å². The Morgan fingerprint density at radius 1 is 1.42 bits per heavy atom. The predicted octanol–water partition coefficient (Wildman–Crippen LogP) is -0.333. The molecule has 7 nitrogen and oxygen atoms in total. The van der Waals surface area contributed by atoms with Crippen LogP contribution in [0.4, 0.5) is 0 Å². The Labute approximate surface area is 116 Å². The first-order chi connectivity index (χ1) is 9.38. The highest BCUT2D eigenvalue weighted by Gasteiger charge is 2.20. The smallest absolute Gasteiger partial charge is 0.327 e. The maximum Gasteiger partial charge on any atom is 0.327 e. The molecule has 0 radical (unpaired) electrons. The highest BCUT2D eigenvalue weighted by molar-refractivity contribution is 7.99. The van der Waals surface area contributed by atoms with E-state index in [1.807, 2.05) is 0 Å². The third kappa shape index (κ3) is 8.22. The van der Waals surface area contributed by atoms with E-state index in [0.29, 0.717) is 5.75 Å². The largest absolute Gasteiger partial charge is 0.480 e. The van der Waals surface area contributed by atoms with E-state index in [-0.39, 0.29) is 18.6 Å². The molecule has 108 valence electrons. The predicted molar refractivity (Wildman–Crippen MR) is 71.9 cm³/mol. The third-order valence-electron chi connectivity index (χ3n) is 2.13. The number of carboxylic acids is 2. The summed E-state index contributed by atoms with van der Waals surface area (Å²) in [5.41, 5.74) is 5.24. The number of thioether (sulfide) groups is 1. The van der Waals surface area contributed by atoms with Gasteiger partial charge in [0.25, 0.3) is 0 Å². The normalized spacial score (nSPS) is 14.7. The molecule has 0 spiro atoms. The van der Waals surface area contributed by atoms with Crippen LogP contribution in [0.2, 0.25) is 0 Å². The zero-order chi connectivity index (χ0) is 15.5. The summed E-state index contributed by atoms with van der Waals surface area (Å²) < 4.78 is 6.78. The van der Waals surface area contributed by atoms with Gasteiger partial charge in [0.05, 0.1) is 1.37 Å². The Bertz CT molecular complexity index is 378. The number of rotatable bonds is 10. The minimum atomic E-state index is -1.20. The number of carbonyl (C=O) groups is 3. The SMILES string of the molecule is [2H]C=CCSC[C@H](NC(=O)CC[C@@H](N)C(=O)O)C(=O)O. The average Bonchev–Trinajstić information content (AvgIpc) is 2.39. The zero-order valence-electron chi connectivity index (χ0n) is 11.2. The lowest BCUT2D eigenvalue weighted by Gasteiger charge is -2.14. The van der Waals surface area contributed by atoms with Crippen molar-refractivity contribution in [2.45, 2.75) is 24.9 Å². The quantitative estimate of drug-likeness (QED) is 0.320. The number of carboxylic acid groups (broad SMARTS) is 2. The second-order valence-corrected chi connectivity index (χ2v) is 4.79. The summed E-state index contributed by atoms with van der Waals surface area (Å²) in [6, 6.07) is -2.19. The summed E-state index contributed by atoms with van der Waals surface area (Å²) in [7, 11) is 0. The molecule has 8 heteroatoms. The fourth-order valence-electron chi connectivity index (χ4n) is 1.11. The number of hydrogen-bond donors (Lipinski definition) is 4. The van der Waals surface area contributed by atoms with Crippen molar-refractivity contribution in [3.8, 4) is 0 Å². The van der Waals surface area contributed by atoms with Gasteiger partial charge in [-0.15, -0.1) is 6.55 Å². The van der Waals surface area contributed by atoms with E-state index in [2.05, 4.69) is 5.32 Å². The van der Waals surface area contributed by atoms with Gasteiger partial charge >= 0.3 is 11.9 Å². The van der Waals surface area contributed by atoms with Gasteiger partial charge in [0.2, 0.25) is 5.91 Å². The summed E-state index contributed by atoms with van der Waals surface area (Å²) in [4.78, 5) is 32.9. The molecule has 0 aliphatic heterocycles. The van der Waals surface area contributed by atoms with E-state index in [4.69, 9.17) is 17.3 Å². The molecule has 0 rings (SSSR count). The van der Waals surface area contributed by atoms with Crippen molar-refractivity contribution >= 4 is 29.6 Å². The van der Waals surface area contributed by atoms with Crippen LogP contribution in [-0.2, 0) is 14.4 Å². The lowest BCUT2D eigenvalue weighted by Crippen LogP contribution is -2.43. The first kappa shape index (κ1) is 15.5. The van der Waals surface area contributed by atoms with Crippen molar-refractivity contribution in [2.24, 2.45) is 5.73 Å². The van der Waals surface area contributed by atoms with Gasteiger partial charge in [0.15, 0.2) is 0 Å². The molecule has 5 N–H and O–H groups in total. The number of nitrogens with one attached hydrogen (secondary N) is 1. The third-order valence-corrected chi connectivity index (χ3v) is 3.13. The van der Waals surface area contributed by atoms with Crippen molar-refractivity contribution in [1.82, 2.24) is 5.32 Å². The molecular weight excluding hydrogens is 272 g/mol. The van der Waals surface area contributed by atoms with E-state index >= 15 is 0 Å². The molecule has 0 heterocycles. The minimum absolute atomic E-state index is 0.0533. The number of carbonyl (C=O) groups excluding carboxylic acids is 1. The summed E-state index contributed by atoms with van der Waals surface area (Å²) >= 11 is 1.26. The van der Waals surface area contributed by atoms with Crippen LogP contribution < -0.4 is 11.1 Å². The minimum Gasteiger partial charge on any atom is -0.480 e. The van der Waals surface area contributed by atoms with E-state index < -0.39 is 29.9 Å². The molecule has 0 aromatic carbocycles. The van der Waals surface area contributed by atoms with E-state index in [1.165, 1.54) is 11.8 Å². The van der Waals surface area contributed by atoms with Crippen LogP contribution in [0.1, 0.15) is 14.2 Å². The molecule has 0 unspecified atom stereocenters. The van der Waals surface area contributed by atoms with Gasteiger partial charge in [-0.2, -0.15) is 11.8 Å². The van der Waals surface area contributed by atoms with Crippen molar-refractivity contribution < 1.29 is 26.0 Å². The molecule has 19 heavy (non-hydrogen) atoms. The van der Waals surface area contributed by atoms with Gasteiger partial charge in [0, 0.05) is 17.9 Å². The van der Waals surface area contributed by atoms with Gasteiger partial charge in [-0.25, -0.2) is 4.79 Å². The number of hydrogen-bond acceptors (Lipinski definition) is 5. The van der Waals surface area contributed by atoms with Crippen LogP contribution >= 0.6 is 11.8 Å². The molecule has 0 fully saturated rings. The monoisotopic (exact) mass is 291 g/mol. The van der Waals surface area contributed by atoms with Crippen LogP contribution in [-0.4, -0.2) is 51.6 Å². The summed E-state index contributed by atoms with van der Waals surface area (Å²) in [6.07, 6.45) is 1.36. The molecule has 0 aromatic heterocycles. The van der Waals surface area contributed by atoms with Gasteiger partial charge in [-0.1, -0.05) is 6.08 Å². The molecular formula is C11H18N2O5S. The van der Waals surface area contributed by atoms with E-state index in [0.717, 1.165) is 6.55 Å². The lowest BCUT2D eigenvalue weighted by atomic mass is 10.1. The maximum atomic E-state index is 11.5. The van der Waals surface area contributed by atoms with Gasteiger partial charge in [-0.05, 0) is 6.42 Å². The van der Waals surface area contributed by atoms with Crippen LogP contribution in [0.3, 0.4) is 0 Å². The topological polar surface area (TPSA) is 130 Å². The molecule has 0 aliphatic carbocycles. The number of aliphatic carboxylic acids is 2. The Balaban J connectivity index is 4.14. The molecule has 0 aromatic rings.